The zero-order valence-electron chi connectivity index (χ0n) is 11.2. The quantitative estimate of drug-likeness (QED) is 0.859. The van der Waals surface area contributed by atoms with E-state index >= 15 is 0 Å². The van der Waals surface area contributed by atoms with E-state index < -0.39 is 0 Å². The number of hydrogen-bond donors (Lipinski definition) is 0. The Kier molecular flexibility index (Phi) is 4.15. The minimum atomic E-state index is 0.370. The summed E-state index contributed by atoms with van der Waals surface area (Å²) < 4.78 is 5.06. The summed E-state index contributed by atoms with van der Waals surface area (Å²) in [4.78, 5) is 7.14. The molecule has 98 valence electrons. The molecule has 0 spiro atoms. The molecule has 0 saturated heterocycles. The van der Waals surface area contributed by atoms with Crippen molar-refractivity contribution in [1.82, 2.24) is 4.98 Å². The van der Waals surface area contributed by atoms with Gasteiger partial charge < -0.3 is 9.64 Å². The number of benzene rings is 1. The number of thiazole rings is 1. The van der Waals surface area contributed by atoms with Crippen LogP contribution >= 0.6 is 11.3 Å². The van der Waals surface area contributed by atoms with Crippen molar-refractivity contribution in [3.8, 4) is 16.6 Å². The number of hydrogen-bond acceptors (Lipinski definition) is 5. The molecule has 0 aliphatic rings. The lowest BCUT2D eigenvalue weighted by molar-refractivity contribution is 0.182. The molecule has 2 aromatic rings. The third-order valence-corrected chi connectivity index (χ3v) is 3.76. The zero-order valence-corrected chi connectivity index (χ0v) is 12.0. The van der Waals surface area contributed by atoms with Crippen molar-refractivity contribution in [1.29, 1.82) is 5.26 Å². The molecule has 4 nitrogen and oxygen atoms in total. The van der Waals surface area contributed by atoms with Gasteiger partial charge in [0.2, 0.25) is 0 Å². The van der Waals surface area contributed by atoms with Gasteiger partial charge in [-0.05, 0) is 24.3 Å². The summed E-state index contributed by atoms with van der Waals surface area (Å²) in [6.45, 7) is 0.370. The summed E-state index contributed by atoms with van der Waals surface area (Å²) in [5.41, 5.74) is 2.87. The normalized spacial score (nSPS) is 10.2. The summed E-state index contributed by atoms with van der Waals surface area (Å²) in [5.74, 6) is 0. The van der Waals surface area contributed by atoms with Crippen molar-refractivity contribution >= 4 is 17.0 Å². The molecule has 0 unspecified atom stereocenters. The maximum Gasteiger partial charge on any atom is 0.130 e. The standard InChI is InChI=1S/C14H15N3OS/c1-17(2)11-6-4-10(5-7-11)14-16-12(9-18-3)13(8-15)19-14/h4-7H,9H2,1-3H3. The molecule has 0 aliphatic heterocycles. The number of nitriles is 1. The van der Waals surface area contributed by atoms with E-state index in [1.807, 2.05) is 43.3 Å². The maximum atomic E-state index is 9.08. The van der Waals surface area contributed by atoms with Gasteiger partial charge in [-0.3, -0.25) is 0 Å². The number of methoxy groups -OCH3 is 1. The van der Waals surface area contributed by atoms with Crippen LogP contribution in [-0.4, -0.2) is 26.2 Å². The molecular weight excluding hydrogens is 258 g/mol. The van der Waals surface area contributed by atoms with Gasteiger partial charge in [0.1, 0.15) is 16.0 Å². The van der Waals surface area contributed by atoms with Crippen LogP contribution in [0.25, 0.3) is 10.6 Å². The van der Waals surface area contributed by atoms with E-state index in [4.69, 9.17) is 10.00 Å². The molecule has 0 bridgehead atoms. The van der Waals surface area contributed by atoms with Crippen molar-refractivity contribution < 1.29 is 4.74 Å². The van der Waals surface area contributed by atoms with Crippen LogP contribution in [0.3, 0.4) is 0 Å². The second-order valence-corrected chi connectivity index (χ2v) is 5.28. The molecule has 0 fully saturated rings. The van der Waals surface area contributed by atoms with Crippen LogP contribution < -0.4 is 4.90 Å². The molecule has 0 saturated carbocycles. The van der Waals surface area contributed by atoms with Crippen molar-refractivity contribution in [2.24, 2.45) is 0 Å². The Morgan fingerprint density at radius 1 is 1.32 bits per heavy atom. The van der Waals surface area contributed by atoms with E-state index in [9.17, 15) is 0 Å². The summed E-state index contributed by atoms with van der Waals surface area (Å²) in [6, 6.07) is 10.3. The number of aromatic nitrogens is 1. The second-order valence-electron chi connectivity index (χ2n) is 4.28. The largest absolute Gasteiger partial charge is 0.378 e. The monoisotopic (exact) mass is 273 g/mol. The van der Waals surface area contributed by atoms with Gasteiger partial charge in [0.15, 0.2) is 0 Å². The molecule has 2 rings (SSSR count). The molecule has 0 N–H and O–H groups in total. The smallest absolute Gasteiger partial charge is 0.130 e. The van der Waals surface area contributed by atoms with Crippen LogP contribution in [-0.2, 0) is 11.3 Å². The lowest BCUT2D eigenvalue weighted by Gasteiger charge is -2.11. The van der Waals surface area contributed by atoms with Crippen LogP contribution in [0.5, 0.6) is 0 Å². The topological polar surface area (TPSA) is 49.1 Å². The number of nitrogens with zero attached hydrogens (tertiary/aromatic N) is 3. The Morgan fingerprint density at radius 3 is 2.53 bits per heavy atom. The first-order valence-electron chi connectivity index (χ1n) is 5.82. The molecule has 5 heteroatoms. The predicted octanol–water partition coefficient (Wildman–Crippen LogP) is 2.89. The molecule has 1 aromatic carbocycles. The van der Waals surface area contributed by atoms with E-state index in [0.717, 1.165) is 16.3 Å². The van der Waals surface area contributed by atoms with Gasteiger partial charge in [0.25, 0.3) is 0 Å². The molecule has 0 atom stereocenters. The average Bonchev–Trinajstić information content (AvgIpc) is 2.82. The van der Waals surface area contributed by atoms with E-state index in [-0.39, 0.29) is 0 Å². The summed E-state index contributed by atoms with van der Waals surface area (Å²) >= 11 is 1.40. The fourth-order valence-corrected chi connectivity index (χ4v) is 2.57. The van der Waals surface area contributed by atoms with Gasteiger partial charge >= 0.3 is 0 Å². The highest BCUT2D eigenvalue weighted by molar-refractivity contribution is 7.15. The van der Waals surface area contributed by atoms with Crippen LogP contribution in [0.2, 0.25) is 0 Å². The van der Waals surface area contributed by atoms with Crippen LogP contribution in [0, 0.1) is 11.3 Å². The SMILES string of the molecule is COCc1nc(-c2ccc(N(C)C)cc2)sc1C#N. The molecule has 1 heterocycles. The van der Waals surface area contributed by atoms with Gasteiger partial charge in [-0.1, -0.05) is 0 Å². The van der Waals surface area contributed by atoms with Crippen LogP contribution in [0.15, 0.2) is 24.3 Å². The van der Waals surface area contributed by atoms with Gasteiger partial charge in [-0.2, -0.15) is 5.26 Å². The second kappa shape index (κ2) is 5.83. The van der Waals surface area contributed by atoms with Gasteiger partial charge in [-0.25, -0.2) is 4.98 Å². The van der Waals surface area contributed by atoms with Gasteiger partial charge in [0, 0.05) is 32.5 Å². The summed E-state index contributed by atoms with van der Waals surface area (Å²) in [7, 11) is 5.61. The van der Waals surface area contributed by atoms with E-state index in [2.05, 4.69) is 11.1 Å². The summed E-state index contributed by atoms with van der Waals surface area (Å²) in [6.07, 6.45) is 0. The van der Waals surface area contributed by atoms with E-state index in [1.54, 1.807) is 7.11 Å². The number of rotatable bonds is 4. The van der Waals surface area contributed by atoms with Crippen molar-refractivity contribution in [3.63, 3.8) is 0 Å². The number of anilines is 1. The Bertz CT molecular complexity index is 596. The molecule has 0 aliphatic carbocycles. The first-order valence-corrected chi connectivity index (χ1v) is 6.64. The Balaban J connectivity index is 2.34. The highest BCUT2D eigenvalue weighted by Crippen LogP contribution is 2.29. The third-order valence-electron chi connectivity index (χ3n) is 2.71. The maximum absolute atomic E-state index is 9.08. The molecule has 19 heavy (non-hydrogen) atoms. The molecule has 0 amide bonds. The fourth-order valence-electron chi connectivity index (χ4n) is 1.70. The number of ether oxygens (including phenoxy) is 1. The van der Waals surface area contributed by atoms with Crippen molar-refractivity contribution in [3.05, 3.63) is 34.8 Å². The fraction of sp³-hybridized carbons (Fsp3) is 0.286. The molecule has 0 radical (unpaired) electrons. The van der Waals surface area contributed by atoms with Crippen molar-refractivity contribution in [2.45, 2.75) is 6.61 Å². The van der Waals surface area contributed by atoms with Gasteiger partial charge in [-0.15, -0.1) is 11.3 Å². The Morgan fingerprint density at radius 2 is 2.00 bits per heavy atom. The van der Waals surface area contributed by atoms with Crippen LogP contribution in [0.1, 0.15) is 10.6 Å². The lowest BCUT2D eigenvalue weighted by Crippen LogP contribution is -2.07. The van der Waals surface area contributed by atoms with Crippen LogP contribution in [0.4, 0.5) is 5.69 Å². The Labute approximate surface area is 116 Å². The average molecular weight is 273 g/mol. The van der Waals surface area contributed by atoms with Crippen molar-refractivity contribution in [2.75, 3.05) is 26.1 Å². The zero-order chi connectivity index (χ0) is 13.8. The predicted molar refractivity (Wildman–Crippen MR) is 77.3 cm³/mol. The highest BCUT2D eigenvalue weighted by Gasteiger charge is 2.12. The molecule has 1 aromatic heterocycles. The highest BCUT2D eigenvalue weighted by atomic mass is 32.1. The molecular formula is C14H15N3OS. The minimum Gasteiger partial charge on any atom is -0.378 e. The first kappa shape index (κ1) is 13.5. The third kappa shape index (κ3) is 2.92. The van der Waals surface area contributed by atoms with E-state index in [1.165, 1.54) is 11.3 Å². The lowest BCUT2D eigenvalue weighted by atomic mass is 10.2. The van der Waals surface area contributed by atoms with Gasteiger partial charge in [0.05, 0.1) is 12.3 Å². The summed E-state index contributed by atoms with van der Waals surface area (Å²) in [5, 5.41) is 9.94. The first-order chi connectivity index (χ1) is 9.15. The van der Waals surface area contributed by atoms with E-state index in [0.29, 0.717) is 17.2 Å². The Hall–Kier alpha value is -1.90. The minimum absolute atomic E-state index is 0.370.